The van der Waals surface area contributed by atoms with E-state index in [4.69, 9.17) is 21.1 Å². The monoisotopic (exact) mass is 437 g/mol. The van der Waals surface area contributed by atoms with Gasteiger partial charge in [0.1, 0.15) is 6.61 Å². The minimum atomic E-state index is -0.187. The van der Waals surface area contributed by atoms with Crippen molar-refractivity contribution >= 4 is 44.9 Å². The number of amides is 1. The van der Waals surface area contributed by atoms with Gasteiger partial charge in [0.2, 0.25) is 11.2 Å². The van der Waals surface area contributed by atoms with Crippen LogP contribution in [0.25, 0.3) is 10.2 Å². The van der Waals surface area contributed by atoms with Crippen LogP contribution in [0, 0.1) is 0 Å². The molecule has 8 nitrogen and oxygen atoms in total. The van der Waals surface area contributed by atoms with Gasteiger partial charge in [0, 0.05) is 44.1 Å². The van der Waals surface area contributed by atoms with Crippen LogP contribution in [0.1, 0.15) is 17.7 Å². The van der Waals surface area contributed by atoms with E-state index in [0.29, 0.717) is 25.0 Å². The smallest absolute Gasteiger partial charge is 0.246 e. The third kappa shape index (κ3) is 4.06. The van der Waals surface area contributed by atoms with E-state index in [2.05, 4.69) is 31.2 Å². The third-order valence-corrected chi connectivity index (χ3v) is 7.23. The van der Waals surface area contributed by atoms with Gasteiger partial charge >= 0.3 is 0 Å². The third-order valence-electron chi connectivity index (χ3n) is 5.95. The van der Waals surface area contributed by atoms with E-state index in [9.17, 15) is 4.79 Å². The lowest BCUT2D eigenvalue weighted by molar-refractivity contribution is -0.150. The summed E-state index contributed by atoms with van der Waals surface area (Å²) in [7, 11) is 0. The lowest BCUT2D eigenvalue weighted by Crippen LogP contribution is -2.57. The fourth-order valence-electron chi connectivity index (χ4n) is 4.24. The average Bonchev–Trinajstić information content (AvgIpc) is 3.14. The van der Waals surface area contributed by atoms with Crippen LogP contribution in [0.4, 0.5) is 5.82 Å². The van der Waals surface area contributed by atoms with E-state index in [1.54, 1.807) is 11.3 Å². The zero-order valence-electron chi connectivity index (χ0n) is 16.2. The Bertz CT molecular complexity index is 897. The summed E-state index contributed by atoms with van der Waals surface area (Å²) in [5, 5.41) is 3.24. The molecule has 5 heterocycles. The highest BCUT2D eigenvalue weighted by molar-refractivity contribution is 7.19. The summed E-state index contributed by atoms with van der Waals surface area (Å²) >= 11 is 7.96. The number of nitrogens with zero attached hydrogens (tertiary/aromatic N) is 4. The van der Waals surface area contributed by atoms with Crippen molar-refractivity contribution in [2.24, 2.45) is 0 Å². The maximum atomic E-state index is 11.4. The number of hydrogen-bond acceptors (Lipinski definition) is 8. The zero-order chi connectivity index (χ0) is 19.8. The van der Waals surface area contributed by atoms with E-state index in [1.165, 1.54) is 4.88 Å². The molecule has 2 aromatic rings. The molecule has 5 rings (SSSR count). The van der Waals surface area contributed by atoms with Crippen molar-refractivity contribution in [3.05, 3.63) is 16.2 Å². The van der Waals surface area contributed by atoms with Gasteiger partial charge in [0.15, 0.2) is 5.82 Å². The first-order valence-corrected chi connectivity index (χ1v) is 11.2. The minimum Gasteiger partial charge on any atom is -0.378 e. The van der Waals surface area contributed by atoms with Gasteiger partial charge < -0.3 is 19.7 Å². The molecule has 3 aliphatic rings. The normalized spacial score (nSPS) is 22.9. The fourth-order valence-corrected chi connectivity index (χ4v) is 5.57. The summed E-state index contributed by atoms with van der Waals surface area (Å²) in [6, 6.07) is 2.14. The molecule has 1 spiro atoms. The first kappa shape index (κ1) is 19.4. The summed E-state index contributed by atoms with van der Waals surface area (Å²) in [5.74, 6) is 0.905. The lowest BCUT2D eigenvalue weighted by Gasteiger charge is -2.43. The molecule has 3 fully saturated rings. The average molecular weight is 438 g/mol. The Hall–Kier alpha value is -1.52. The predicted octanol–water partition coefficient (Wildman–Crippen LogP) is 1.66. The second-order valence-electron chi connectivity index (χ2n) is 7.87. The van der Waals surface area contributed by atoms with Gasteiger partial charge in [0.25, 0.3) is 0 Å². The van der Waals surface area contributed by atoms with Crippen molar-refractivity contribution in [3.8, 4) is 0 Å². The first-order valence-electron chi connectivity index (χ1n) is 10.0. The predicted molar refractivity (Wildman–Crippen MR) is 112 cm³/mol. The molecule has 1 amide bonds. The number of thiophene rings is 1. The summed E-state index contributed by atoms with van der Waals surface area (Å²) in [4.78, 5) is 26.3. The van der Waals surface area contributed by atoms with Gasteiger partial charge in [-0.25, -0.2) is 4.98 Å². The Morgan fingerprint density at radius 2 is 2.00 bits per heavy atom. The Labute approximate surface area is 178 Å². The van der Waals surface area contributed by atoms with Gasteiger partial charge in [-0.1, -0.05) is 0 Å². The maximum absolute atomic E-state index is 11.4. The van der Waals surface area contributed by atoms with Crippen LogP contribution in [0.2, 0.25) is 5.28 Å². The number of carbonyl (C=O) groups is 1. The van der Waals surface area contributed by atoms with Gasteiger partial charge in [0.05, 0.1) is 29.0 Å². The molecule has 0 atom stereocenters. The van der Waals surface area contributed by atoms with Gasteiger partial charge in [-0.2, -0.15) is 4.98 Å². The topological polar surface area (TPSA) is 79.8 Å². The Morgan fingerprint density at radius 3 is 2.72 bits per heavy atom. The van der Waals surface area contributed by atoms with Crippen molar-refractivity contribution in [1.29, 1.82) is 0 Å². The number of aromatic nitrogens is 2. The first-order chi connectivity index (χ1) is 14.1. The Morgan fingerprint density at radius 1 is 1.21 bits per heavy atom. The van der Waals surface area contributed by atoms with E-state index in [0.717, 1.165) is 61.6 Å². The molecule has 3 aliphatic heterocycles. The maximum Gasteiger partial charge on any atom is 0.246 e. The lowest BCUT2D eigenvalue weighted by atomic mass is 9.90. The molecule has 29 heavy (non-hydrogen) atoms. The van der Waals surface area contributed by atoms with E-state index in [1.807, 2.05) is 0 Å². The second kappa shape index (κ2) is 7.96. The molecule has 1 N–H and O–H groups in total. The largest absolute Gasteiger partial charge is 0.378 e. The molecule has 10 heteroatoms. The molecule has 0 unspecified atom stereocenters. The number of ether oxygens (including phenoxy) is 2. The van der Waals surface area contributed by atoms with Crippen molar-refractivity contribution in [2.75, 3.05) is 57.4 Å². The number of piperidine rings is 1. The minimum absolute atomic E-state index is 0.0147. The van der Waals surface area contributed by atoms with Crippen molar-refractivity contribution < 1.29 is 14.3 Å². The van der Waals surface area contributed by atoms with Gasteiger partial charge in [-0.3, -0.25) is 9.69 Å². The van der Waals surface area contributed by atoms with Crippen LogP contribution >= 0.6 is 22.9 Å². The molecule has 0 aliphatic carbocycles. The van der Waals surface area contributed by atoms with E-state index >= 15 is 0 Å². The van der Waals surface area contributed by atoms with Crippen LogP contribution < -0.4 is 10.2 Å². The molecular formula is C19H24ClN5O3S. The van der Waals surface area contributed by atoms with E-state index < -0.39 is 0 Å². The Kier molecular flexibility index (Phi) is 5.34. The molecule has 156 valence electrons. The zero-order valence-corrected chi connectivity index (χ0v) is 17.7. The summed E-state index contributed by atoms with van der Waals surface area (Å²) in [6.45, 7) is 6.64. The number of halogens is 1. The van der Waals surface area contributed by atoms with Crippen LogP contribution in [-0.2, 0) is 20.8 Å². The number of likely N-dealkylation sites (tertiary alicyclic amines) is 1. The Balaban J connectivity index is 1.29. The van der Waals surface area contributed by atoms with Gasteiger partial charge in [-0.05, 0) is 30.5 Å². The quantitative estimate of drug-likeness (QED) is 0.731. The summed E-state index contributed by atoms with van der Waals surface area (Å²) in [5.41, 5.74) is 0.728. The van der Waals surface area contributed by atoms with Crippen molar-refractivity contribution in [2.45, 2.75) is 25.0 Å². The number of nitrogens with one attached hydrogen (secondary N) is 1. The fraction of sp³-hybridized carbons (Fsp3) is 0.632. The molecule has 0 bridgehead atoms. The van der Waals surface area contributed by atoms with Crippen LogP contribution in [0.3, 0.4) is 0 Å². The van der Waals surface area contributed by atoms with Gasteiger partial charge in [-0.15, -0.1) is 11.3 Å². The highest BCUT2D eigenvalue weighted by Crippen LogP contribution is 2.35. The molecule has 0 radical (unpaired) electrons. The standard InChI is InChI=1S/C19H24ClN5O3S/c20-18-22-14-9-13(29-16(14)17(23-18)25-5-7-27-8-6-25)10-24-3-1-19(2-4-24)12-21-15(26)11-28-19/h9H,1-8,10-12H2,(H,21,26). The highest BCUT2D eigenvalue weighted by Gasteiger charge is 2.39. The van der Waals surface area contributed by atoms with Crippen LogP contribution in [0.5, 0.6) is 0 Å². The van der Waals surface area contributed by atoms with Crippen molar-refractivity contribution in [1.82, 2.24) is 20.2 Å². The summed E-state index contributed by atoms with van der Waals surface area (Å²) in [6.07, 6.45) is 1.87. The number of morpholine rings is 2. The van der Waals surface area contributed by atoms with Crippen LogP contribution in [-0.4, -0.2) is 78.9 Å². The SMILES string of the molecule is O=C1COC2(CCN(Cc3cc4nc(Cl)nc(N5CCOCC5)c4s3)CC2)CN1. The van der Waals surface area contributed by atoms with Crippen molar-refractivity contribution in [3.63, 3.8) is 0 Å². The number of rotatable bonds is 3. The number of carbonyl (C=O) groups excluding carboxylic acids is 1. The van der Waals surface area contributed by atoms with E-state index in [-0.39, 0.29) is 18.1 Å². The molecule has 2 aromatic heterocycles. The second-order valence-corrected chi connectivity index (χ2v) is 9.34. The highest BCUT2D eigenvalue weighted by atomic mass is 35.5. The number of anilines is 1. The number of hydrogen-bond donors (Lipinski definition) is 1. The molecule has 0 saturated carbocycles. The van der Waals surface area contributed by atoms with Crippen LogP contribution in [0.15, 0.2) is 6.07 Å². The number of fused-ring (bicyclic) bond motifs is 1. The molecular weight excluding hydrogens is 414 g/mol. The summed E-state index contributed by atoms with van der Waals surface area (Å²) < 4.78 is 12.4. The molecule has 0 aromatic carbocycles. The molecule has 3 saturated heterocycles.